The summed E-state index contributed by atoms with van der Waals surface area (Å²) >= 11 is 0. The van der Waals surface area contributed by atoms with E-state index in [4.69, 9.17) is 22.1 Å². The lowest BCUT2D eigenvalue weighted by Crippen LogP contribution is -2.21. The molecule has 0 aliphatic carbocycles. The molecule has 0 saturated carbocycles. The molecule has 0 N–H and O–H groups in total. The maximum Gasteiger partial charge on any atom is 0.485 e. The van der Waals surface area contributed by atoms with Gasteiger partial charge in [-0.3, -0.25) is 0 Å². The molecular formula is C19H15F3O5S. The zero-order chi connectivity index (χ0) is 20.8. The van der Waals surface area contributed by atoms with Gasteiger partial charge in [0.15, 0.2) is 10.1 Å². The van der Waals surface area contributed by atoms with Crippen molar-refractivity contribution in [1.82, 2.24) is 0 Å². The maximum absolute atomic E-state index is 10.7. The lowest BCUT2D eigenvalue weighted by Gasteiger charge is -2.08. The predicted octanol–water partition coefficient (Wildman–Crippen LogP) is 4.95. The molecule has 28 heavy (non-hydrogen) atoms. The molecular weight excluding hydrogens is 397 g/mol. The topological polar surface area (TPSA) is 77.7 Å². The molecule has 5 nitrogen and oxygen atoms in total. The first-order valence-corrected chi connectivity index (χ1v) is 9.18. The van der Waals surface area contributed by atoms with Crippen LogP contribution in [0.25, 0.3) is 22.6 Å². The Balaban J connectivity index is 0.000000300. The first-order valence-electron chi connectivity index (χ1n) is 7.77. The van der Waals surface area contributed by atoms with Crippen molar-refractivity contribution >= 4 is 10.1 Å². The number of alkyl halides is 3. The first-order chi connectivity index (χ1) is 13.1. The Morgan fingerprint density at radius 1 is 0.821 bits per heavy atom. The molecule has 0 saturated heterocycles. The van der Waals surface area contributed by atoms with Gasteiger partial charge in [0.05, 0.1) is 18.2 Å². The van der Waals surface area contributed by atoms with Gasteiger partial charge >= 0.3 is 17.0 Å². The molecule has 0 aliphatic heterocycles. The van der Waals surface area contributed by atoms with E-state index in [9.17, 15) is 13.2 Å². The minimum Gasteiger partial charge on any atom is -0.741 e. The van der Waals surface area contributed by atoms with Crippen LogP contribution in [0.4, 0.5) is 13.2 Å². The molecule has 0 aliphatic rings. The van der Waals surface area contributed by atoms with Gasteiger partial charge < -0.3 is 9.29 Å². The van der Waals surface area contributed by atoms with E-state index in [0.717, 1.165) is 28.4 Å². The van der Waals surface area contributed by atoms with Crippen LogP contribution in [0.2, 0.25) is 0 Å². The number of hydrogen-bond acceptors (Lipinski definition) is 4. The number of ether oxygens (including phenoxy) is 1. The summed E-state index contributed by atoms with van der Waals surface area (Å²) in [4.78, 5) is 0. The van der Waals surface area contributed by atoms with Gasteiger partial charge in [0.2, 0.25) is 0 Å². The van der Waals surface area contributed by atoms with Crippen LogP contribution in [-0.2, 0) is 10.1 Å². The van der Waals surface area contributed by atoms with E-state index in [0.29, 0.717) is 0 Å². The van der Waals surface area contributed by atoms with Crippen molar-refractivity contribution in [2.45, 2.75) is 5.51 Å². The van der Waals surface area contributed by atoms with Crippen LogP contribution >= 0.6 is 0 Å². The van der Waals surface area contributed by atoms with Crippen LogP contribution in [0.1, 0.15) is 0 Å². The quantitative estimate of drug-likeness (QED) is 0.345. The van der Waals surface area contributed by atoms with Crippen molar-refractivity contribution in [3.05, 3.63) is 72.8 Å². The molecule has 0 unspecified atom stereocenters. The van der Waals surface area contributed by atoms with E-state index < -0.39 is 15.6 Å². The Morgan fingerprint density at radius 2 is 1.29 bits per heavy atom. The molecule has 9 heteroatoms. The summed E-state index contributed by atoms with van der Waals surface area (Å²) in [7, 11) is -4.43. The summed E-state index contributed by atoms with van der Waals surface area (Å²) in [6, 6.07) is 23.9. The van der Waals surface area contributed by atoms with Crippen LogP contribution in [0.5, 0.6) is 5.75 Å². The Bertz CT molecular complexity index is 1000. The number of halogens is 3. The fourth-order valence-electron chi connectivity index (χ4n) is 2.08. The number of benzene rings is 2. The van der Waals surface area contributed by atoms with E-state index >= 15 is 0 Å². The van der Waals surface area contributed by atoms with Gasteiger partial charge in [-0.1, -0.05) is 18.2 Å². The molecule has 3 aromatic rings. The molecule has 2 aromatic carbocycles. The van der Waals surface area contributed by atoms with Crippen LogP contribution < -0.4 is 4.74 Å². The highest BCUT2D eigenvalue weighted by molar-refractivity contribution is 7.86. The van der Waals surface area contributed by atoms with E-state index in [-0.39, 0.29) is 0 Å². The fraction of sp³-hybridized carbons (Fsp3) is 0.105. The average molecular weight is 412 g/mol. The largest absolute Gasteiger partial charge is 0.741 e. The van der Waals surface area contributed by atoms with Crippen molar-refractivity contribution in [1.29, 1.82) is 0 Å². The van der Waals surface area contributed by atoms with E-state index in [1.165, 1.54) is 0 Å². The molecule has 1 aromatic heterocycles. The highest BCUT2D eigenvalue weighted by Gasteiger charge is 2.36. The lowest BCUT2D eigenvalue weighted by atomic mass is 10.1. The Labute approximate surface area is 159 Å². The van der Waals surface area contributed by atoms with Crippen LogP contribution in [0.15, 0.2) is 77.2 Å². The van der Waals surface area contributed by atoms with E-state index in [1.54, 1.807) is 7.11 Å². The molecule has 0 atom stereocenters. The monoisotopic (exact) mass is 412 g/mol. The number of rotatable bonds is 3. The summed E-state index contributed by atoms with van der Waals surface area (Å²) in [5.74, 6) is 2.54. The third kappa shape index (κ3) is 5.80. The van der Waals surface area contributed by atoms with Gasteiger partial charge in [-0.2, -0.15) is 13.2 Å². The van der Waals surface area contributed by atoms with Gasteiger partial charge in [-0.25, -0.2) is 12.8 Å². The Morgan fingerprint density at radius 3 is 1.71 bits per heavy atom. The van der Waals surface area contributed by atoms with Gasteiger partial charge in [0, 0.05) is 12.1 Å². The minimum atomic E-state index is -6.09. The standard InChI is InChI=1S/C18H15O2.CHF3O3S/c1-19-16-12-10-15(11-13-16)18-9-5-8-17(20-18)14-6-3-2-4-7-14;2-1(3,4)8(5,6)7/h2-13H,1H3;(H,5,6,7)/q+1;/p-1. The minimum absolute atomic E-state index is 0.841. The summed E-state index contributed by atoms with van der Waals surface area (Å²) in [5, 5.41) is 0. The zero-order valence-electron chi connectivity index (χ0n) is 14.5. The van der Waals surface area contributed by atoms with Crippen LogP contribution in [0.3, 0.4) is 0 Å². The van der Waals surface area contributed by atoms with Crippen molar-refractivity contribution in [3.8, 4) is 28.4 Å². The molecule has 3 rings (SSSR count). The number of hydrogen-bond donors (Lipinski definition) is 0. The summed E-state index contributed by atoms with van der Waals surface area (Å²) in [5.41, 5.74) is -3.54. The van der Waals surface area contributed by atoms with E-state index in [2.05, 4.69) is 0 Å². The summed E-state index contributed by atoms with van der Waals surface area (Å²) < 4.78 is 70.1. The summed E-state index contributed by atoms with van der Waals surface area (Å²) in [6.45, 7) is 0. The second kappa shape index (κ2) is 8.85. The smallest absolute Gasteiger partial charge is 0.485 e. The third-order valence-electron chi connectivity index (χ3n) is 3.43. The van der Waals surface area contributed by atoms with Crippen LogP contribution in [0, 0.1) is 0 Å². The van der Waals surface area contributed by atoms with E-state index in [1.807, 2.05) is 72.8 Å². The van der Waals surface area contributed by atoms with Crippen molar-refractivity contribution < 1.29 is 35.3 Å². The molecule has 0 amide bonds. The molecule has 148 valence electrons. The van der Waals surface area contributed by atoms with Gasteiger partial charge in [0.1, 0.15) is 5.75 Å². The second-order valence-electron chi connectivity index (χ2n) is 5.35. The second-order valence-corrected chi connectivity index (χ2v) is 6.72. The van der Waals surface area contributed by atoms with Gasteiger partial charge in [-0.05, 0) is 42.5 Å². The van der Waals surface area contributed by atoms with Crippen LogP contribution in [-0.4, -0.2) is 25.6 Å². The molecule has 1 heterocycles. The highest BCUT2D eigenvalue weighted by Crippen LogP contribution is 2.27. The summed E-state index contributed by atoms with van der Waals surface area (Å²) in [6.07, 6.45) is 0. The highest BCUT2D eigenvalue weighted by atomic mass is 32.2. The molecule has 0 spiro atoms. The molecule has 0 fully saturated rings. The SMILES string of the molecule is COc1ccc(-c2cccc(-c3ccccc3)[o+]2)cc1.O=S(=O)([O-])C(F)(F)F. The maximum atomic E-state index is 10.7. The Kier molecular flexibility index (Phi) is 6.76. The zero-order valence-corrected chi connectivity index (χ0v) is 15.3. The fourth-order valence-corrected chi connectivity index (χ4v) is 2.08. The first kappa shape index (κ1) is 21.4. The lowest BCUT2D eigenvalue weighted by molar-refractivity contribution is -0.0517. The van der Waals surface area contributed by atoms with Crippen molar-refractivity contribution in [3.63, 3.8) is 0 Å². The molecule has 0 radical (unpaired) electrons. The van der Waals surface area contributed by atoms with Gasteiger partial charge in [-0.15, -0.1) is 0 Å². The van der Waals surface area contributed by atoms with Crippen molar-refractivity contribution in [2.24, 2.45) is 0 Å². The normalized spacial score (nSPS) is 11.3. The van der Waals surface area contributed by atoms with Crippen molar-refractivity contribution in [2.75, 3.05) is 7.11 Å². The average Bonchev–Trinajstić information content (AvgIpc) is 2.68. The Hall–Kier alpha value is -2.91. The number of methoxy groups -OCH3 is 1. The van der Waals surface area contributed by atoms with Gasteiger partial charge in [0.25, 0.3) is 0 Å². The third-order valence-corrected chi connectivity index (χ3v) is 4.00. The molecule has 0 bridgehead atoms. The predicted molar refractivity (Wildman–Crippen MR) is 96.3 cm³/mol.